The van der Waals surface area contributed by atoms with E-state index in [4.69, 9.17) is 21.1 Å². The molecule has 0 amide bonds. The van der Waals surface area contributed by atoms with Crippen LogP contribution in [0.1, 0.15) is 55.7 Å². The second-order valence-electron chi connectivity index (χ2n) is 12.2. The fourth-order valence-corrected chi connectivity index (χ4v) is 5.94. The molecule has 0 aliphatic rings. The number of benzene rings is 4. The van der Waals surface area contributed by atoms with Crippen LogP contribution in [0.15, 0.2) is 109 Å². The maximum atomic E-state index is 12.1. The molecule has 0 radical (unpaired) electrons. The summed E-state index contributed by atoms with van der Waals surface area (Å²) in [5.41, 5.74) is 9.99. The number of rotatable bonds is 18. The van der Waals surface area contributed by atoms with Crippen LogP contribution >= 0.6 is 11.6 Å². The van der Waals surface area contributed by atoms with Gasteiger partial charge in [-0.15, -0.1) is 0 Å². The number of esters is 1. The predicted molar refractivity (Wildman–Crippen MR) is 198 cm³/mol. The van der Waals surface area contributed by atoms with Gasteiger partial charge < -0.3 is 24.8 Å². The van der Waals surface area contributed by atoms with Crippen molar-refractivity contribution in [3.05, 3.63) is 131 Å². The lowest BCUT2D eigenvalue weighted by molar-refractivity contribution is -0.141. The van der Waals surface area contributed by atoms with Crippen molar-refractivity contribution in [2.75, 3.05) is 26.4 Å². The summed E-state index contributed by atoms with van der Waals surface area (Å²) in [5.74, 6) is -1.16. The molecule has 258 valence electrons. The number of aryl methyl sites for hydroxylation is 2. The summed E-state index contributed by atoms with van der Waals surface area (Å²) in [6.07, 6.45) is 4.52. The van der Waals surface area contributed by atoms with Crippen molar-refractivity contribution in [1.82, 2.24) is 0 Å². The van der Waals surface area contributed by atoms with Gasteiger partial charge in [-0.2, -0.15) is 0 Å². The number of carbonyl (C=O) groups excluding carboxylic acids is 1. The van der Waals surface area contributed by atoms with E-state index < -0.39 is 31.4 Å². The maximum Gasteiger partial charge on any atom is 0.335 e. The van der Waals surface area contributed by atoms with Crippen LogP contribution in [-0.4, -0.2) is 54.0 Å². The Hall–Kier alpha value is -4.04. The zero-order valence-electron chi connectivity index (χ0n) is 28.5. The van der Waals surface area contributed by atoms with E-state index in [2.05, 4.69) is 69.5 Å². The first-order valence-corrected chi connectivity index (χ1v) is 17.2. The lowest BCUT2D eigenvalue weighted by Gasteiger charge is -2.21. The first kappa shape index (κ1) is 37.8. The van der Waals surface area contributed by atoms with Crippen molar-refractivity contribution < 1.29 is 29.6 Å². The molecule has 0 aliphatic heterocycles. The molecule has 4 aromatic carbocycles. The largest absolute Gasteiger partial charge is 0.462 e. The quantitative estimate of drug-likeness (QED) is 0.0320. The number of hydrogen-bond acceptors (Lipinski definition) is 6. The summed E-state index contributed by atoms with van der Waals surface area (Å²) in [6.45, 7) is 10.5. The smallest absolute Gasteiger partial charge is 0.335 e. The average molecular weight is 683 g/mol. The molecule has 0 saturated heterocycles. The molecule has 4 aromatic rings. The number of halogens is 1. The van der Waals surface area contributed by atoms with Gasteiger partial charge in [0.15, 0.2) is 6.29 Å². The number of aliphatic hydroxyl groups is 3. The van der Waals surface area contributed by atoms with Gasteiger partial charge in [0.2, 0.25) is 0 Å². The van der Waals surface area contributed by atoms with E-state index in [1.165, 1.54) is 41.5 Å². The fourth-order valence-electron chi connectivity index (χ4n) is 5.65. The van der Waals surface area contributed by atoms with Gasteiger partial charge in [0.1, 0.15) is 6.61 Å². The third-order valence-corrected chi connectivity index (χ3v) is 9.07. The molecule has 7 heteroatoms. The van der Waals surface area contributed by atoms with E-state index in [1.807, 2.05) is 42.5 Å². The van der Waals surface area contributed by atoms with Gasteiger partial charge in [-0.25, -0.2) is 4.79 Å². The predicted octanol–water partition coefficient (Wildman–Crippen LogP) is 8.69. The molecule has 0 aromatic heterocycles. The Morgan fingerprint density at radius 2 is 1.37 bits per heavy atom. The summed E-state index contributed by atoms with van der Waals surface area (Å²) in [7, 11) is 0. The third-order valence-electron chi connectivity index (χ3n) is 8.75. The monoisotopic (exact) mass is 682 g/mol. The molecule has 0 heterocycles. The minimum Gasteiger partial charge on any atom is -0.462 e. The number of unbranched alkanes of at least 4 members (excludes halogenated alkanes) is 2. The standard InChI is InChI=1S/C42H47ClO6/c1-5-7-8-9-31-16-19-36(22-30(31)6-2)32-14-17-35(18-15-32)39-21-20-37(23-40(39)43)33-10-12-34(13-11-33)38(26-48-41(46)28(3)24-44)27-49-42(47)29(4)25-45/h10-23,38,41,44-46H,3-9,24-27H2,1-2H3. The van der Waals surface area contributed by atoms with Crippen LogP contribution in [0.4, 0.5) is 0 Å². The van der Waals surface area contributed by atoms with Crippen molar-refractivity contribution in [3.63, 3.8) is 0 Å². The molecule has 6 nitrogen and oxygen atoms in total. The Bertz CT molecular complexity index is 1710. The number of hydrogen-bond donors (Lipinski definition) is 3. The number of aliphatic hydroxyl groups excluding tert-OH is 3. The van der Waals surface area contributed by atoms with Crippen LogP contribution in [0, 0.1) is 0 Å². The van der Waals surface area contributed by atoms with Gasteiger partial charge in [0.25, 0.3) is 0 Å². The average Bonchev–Trinajstić information content (AvgIpc) is 3.14. The van der Waals surface area contributed by atoms with Crippen molar-refractivity contribution in [2.24, 2.45) is 0 Å². The number of carbonyl (C=O) groups is 1. The van der Waals surface area contributed by atoms with E-state index >= 15 is 0 Å². The first-order chi connectivity index (χ1) is 23.7. The zero-order valence-corrected chi connectivity index (χ0v) is 29.2. The Kier molecular flexibility index (Phi) is 14.4. The van der Waals surface area contributed by atoms with E-state index in [9.17, 15) is 20.1 Å². The summed E-state index contributed by atoms with van der Waals surface area (Å²) < 4.78 is 10.8. The molecule has 2 atom stereocenters. The minimum absolute atomic E-state index is 0.0121. The highest BCUT2D eigenvalue weighted by Gasteiger charge is 2.19. The molecular formula is C42H47ClO6. The lowest BCUT2D eigenvalue weighted by atomic mass is 9.93. The van der Waals surface area contributed by atoms with Crippen LogP contribution in [0.3, 0.4) is 0 Å². The van der Waals surface area contributed by atoms with Crippen molar-refractivity contribution >= 4 is 17.6 Å². The molecule has 0 spiro atoms. The van der Waals surface area contributed by atoms with E-state index in [1.54, 1.807) is 0 Å². The van der Waals surface area contributed by atoms with Crippen molar-refractivity contribution in [2.45, 2.75) is 58.2 Å². The van der Waals surface area contributed by atoms with Gasteiger partial charge >= 0.3 is 5.97 Å². The molecule has 2 unspecified atom stereocenters. The second-order valence-corrected chi connectivity index (χ2v) is 12.7. The van der Waals surface area contributed by atoms with Gasteiger partial charge in [-0.1, -0.05) is 130 Å². The summed E-state index contributed by atoms with van der Waals surface area (Å²) in [5, 5.41) is 29.2. The highest BCUT2D eigenvalue weighted by Crippen LogP contribution is 2.34. The van der Waals surface area contributed by atoms with E-state index in [-0.39, 0.29) is 24.4 Å². The fraction of sp³-hybridized carbons (Fsp3) is 0.310. The van der Waals surface area contributed by atoms with Gasteiger partial charge in [0, 0.05) is 22.1 Å². The van der Waals surface area contributed by atoms with Crippen LogP contribution in [0.5, 0.6) is 0 Å². The lowest BCUT2D eigenvalue weighted by Crippen LogP contribution is -2.24. The third kappa shape index (κ3) is 10.2. The SMILES string of the molecule is C=C(CO)C(=O)OCC(COC(O)C(=C)CO)c1ccc(-c2ccc(-c3ccc(-c4ccc(CCCCC)c(CC)c4)cc3)c(Cl)c2)cc1. The Morgan fingerprint density at radius 1 is 0.755 bits per heavy atom. The summed E-state index contributed by atoms with van der Waals surface area (Å²) in [4.78, 5) is 12.1. The van der Waals surface area contributed by atoms with Crippen molar-refractivity contribution in [1.29, 1.82) is 0 Å². The normalized spacial score (nSPS) is 12.4. The van der Waals surface area contributed by atoms with Crippen LogP contribution in [0.2, 0.25) is 5.02 Å². The molecule has 4 rings (SSSR count). The van der Waals surface area contributed by atoms with Gasteiger partial charge in [-0.3, -0.25) is 0 Å². The van der Waals surface area contributed by atoms with E-state index in [0.717, 1.165) is 40.7 Å². The molecule has 0 saturated carbocycles. The molecule has 0 fully saturated rings. The molecule has 0 bridgehead atoms. The van der Waals surface area contributed by atoms with Gasteiger partial charge in [-0.05, 0) is 69.8 Å². The second kappa shape index (κ2) is 18.6. The number of ether oxygens (including phenoxy) is 2. The molecule has 49 heavy (non-hydrogen) atoms. The van der Waals surface area contributed by atoms with Crippen LogP contribution < -0.4 is 0 Å². The van der Waals surface area contributed by atoms with Crippen LogP contribution in [-0.2, 0) is 27.1 Å². The minimum atomic E-state index is -1.37. The zero-order chi connectivity index (χ0) is 35.3. The molecular weight excluding hydrogens is 636 g/mol. The van der Waals surface area contributed by atoms with E-state index in [0.29, 0.717) is 5.02 Å². The Morgan fingerprint density at radius 3 is 1.98 bits per heavy atom. The maximum absolute atomic E-state index is 12.1. The molecule has 3 N–H and O–H groups in total. The first-order valence-electron chi connectivity index (χ1n) is 16.8. The Balaban J connectivity index is 1.48. The van der Waals surface area contributed by atoms with Crippen molar-refractivity contribution in [3.8, 4) is 33.4 Å². The highest BCUT2D eigenvalue weighted by molar-refractivity contribution is 6.33. The highest BCUT2D eigenvalue weighted by atomic mass is 35.5. The van der Waals surface area contributed by atoms with Crippen LogP contribution in [0.25, 0.3) is 33.4 Å². The summed E-state index contributed by atoms with van der Waals surface area (Å²) >= 11 is 6.84. The summed E-state index contributed by atoms with van der Waals surface area (Å²) in [6, 6.07) is 29.1. The Labute approximate surface area is 295 Å². The topological polar surface area (TPSA) is 96.2 Å². The van der Waals surface area contributed by atoms with Gasteiger partial charge in [0.05, 0.1) is 25.4 Å². The molecule has 0 aliphatic carbocycles.